The number of ether oxygens (including phenoxy) is 1. The van der Waals surface area contributed by atoms with Crippen molar-refractivity contribution in [1.82, 2.24) is 5.32 Å². The minimum absolute atomic E-state index is 0.149. The molecule has 1 N–H and O–H groups in total. The molecule has 0 aliphatic heterocycles. The number of nitrogens with zero attached hydrogens (tertiary/aromatic N) is 1. The van der Waals surface area contributed by atoms with Crippen molar-refractivity contribution in [3.63, 3.8) is 0 Å². The molecule has 0 heterocycles. The molecule has 1 rings (SSSR count). The Labute approximate surface area is 116 Å². The van der Waals surface area contributed by atoms with Gasteiger partial charge in [0.15, 0.2) is 0 Å². The smallest absolute Gasteiger partial charge is 0.328 e. The molecule has 0 saturated carbocycles. The van der Waals surface area contributed by atoms with Crippen LogP contribution in [-0.2, 0) is 9.53 Å². The van der Waals surface area contributed by atoms with Gasteiger partial charge in [-0.15, -0.1) is 0 Å². The van der Waals surface area contributed by atoms with Gasteiger partial charge < -0.3 is 10.1 Å². The molecule has 0 saturated heterocycles. The first-order valence-corrected chi connectivity index (χ1v) is 6.01. The Morgan fingerprint density at radius 3 is 2.50 bits per heavy atom. The second-order valence-corrected chi connectivity index (χ2v) is 4.32. The normalized spacial score (nSPS) is 12.9. The van der Waals surface area contributed by atoms with E-state index in [2.05, 4.69) is 10.1 Å². The Kier molecular flexibility index (Phi) is 5.66. The molecule has 0 spiro atoms. The third-order valence-corrected chi connectivity index (χ3v) is 2.71. The van der Waals surface area contributed by atoms with Gasteiger partial charge in [0, 0.05) is 11.5 Å². The number of hydrogen-bond donors (Lipinski definition) is 1. The summed E-state index contributed by atoms with van der Waals surface area (Å²) in [4.78, 5) is 23.5. The minimum Gasteiger partial charge on any atom is -0.467 e. The predicted molar refractivity (Wildman–Crippen MR) is 69.1 cm³/mol. The number of methoxy groups -OCH3 is 1. The predicted octanol–water partition coefficient (Wildman–Crippen LogP) is 1.65. The minimum atomic E-state index is -0.910. The summed E-state index contributed by atoms with van der Waals surface area (Å²) < 4.78 is 17.4. The Balaban J connectivity index is 2.78. The van der Waals surface area contributed by atoms with Crippen molar-refractivity contribution in [1.29, 1.82) is 5.26 Å². The first-order chi connectivity index (χ1) is 9.47. The molecule has 0 aliphatic rings. The maximum Gasteiger partial charge on any atom is 0.328 e. The van der Waals surface area contributed by atoms with Crippen LogP contribution in [0.25, 0.3) is 0 Å². The Bertz CT molecular complexity index is 522. The molecule has 1 aromatic carbocycles. The molecule has 2 atom stereocenters. The zero-order chi connectivity index (χ0) is 15.1. The van der Waals surface area contributed by atoms with Crippen LogP contribution in [0.1, 0.15) is 23.7 Å². The van der Waals surface area contributed by atoms with E-state index in [1.807, 2.05) is 6.07 Å². The fourth-order valence-corrected chi connectivity index (χ4v) is 1.61. The molecule has 106 valence electrons. The maximum absolute atomic E-state index is 12.8. The SMILES string of the molecule is COC(=O)[C@@H](C[C@H](C)C#N)NC(=O)c1ccc(F)cc1. The Hall–Kier alpha value is -2.42. The average Bonchev–Trinajstić information content (AvgIpc) is 2.46. The summed E-state index contributed by atoms with van der Waals surface area (Å²) >= 11 is 0. The van der Waals surface area contributed by atoms with Crippen molar-refractivity contribution in [2.45, 2.75) is 19.4 Å². The largest absolute Gasteiger partial charge is 0.467 e. The van der Waals surface area contributed by atoms with E-state index in [9.17, 15) is 14.0 Å². The zero-order valence-corrected chi connectivity index (χ0v) is 11.2. The highest BCUT2D eigenvalue weighted by molar-refractivity contribution is 5.96. The zero-order valence-electron chi connectivity index (χ0n) is 11.2. The van der Waals surface area contributed by atoms with Crippen molar-refractivity contribution in [3.05, 3.63) is 35.6 Å². The molecule has 0 aliphatic carbocycles. The van der Waals surface area contributed by atoms with Crippen LogP contribution >= 0.6 is 0 Å². The monoisotopic (exact) mass is 278 g/mol. The van der Waals surface area contributed by atoms with Crippen LogP contribution in [0.2, 0.25) is 0 Å². The summed E-state index contributed by atoms with van der Waals surface area (Å²) in [6, 6.07) is 6.01. The van der Waals surface area contributed by atoms with Gasteiger partial charge >= 0.3 is 5.97 Å². The fourth-order valence-electron chi connectivity index (χ4n) is 1.61. The third kappa shape index (κ3) is 4.35. The van der Waals surface area contributed by atoms with E-state index < -0.39 is 29.7 Å². The van der Waals surface area contributed by atoms with E-state index in [0.29, 0.717) is 0 Å². The number of carbonyl (C=O) groups is 2. The van der Waals surface area contributed by atoms with E-state index in [1.165, 1.54) is 19.2 Å². The second-order valence-electron chi connectivity index (χ2n) is 4.32. The molecule has 0 bridgehead atoms. The van der Waals surface area contributed by atoms with Gasteiger partial charge in [-0.25, -0.2) is 9.18 Å². The summed E-state index contributed by atoms with van der Waals surface area (Å²) in [5.41, 5.74) is 0.227. The number of hydrogen-bond acceptors (Lipinski definition) is 4. The quantitative estimate of drug-likeness (QED) is 0.830. The number of esters is 1. The lowest BCUT2D eigenvalue weighted by atomic mass is 10.0. The first-order valence-electron chi connectivity index (χ1n) is 6.01. The highest BCUT2D eigenvalue weighted by atomic mass is 19.1. The molecule has 0 aromatic heterocycles. The third-order valence-electron chi connectivity index (χ3n) is 2.71. The van der Waals surface area contributed by atoms with Crippen LogP contribution in [0.5, 0.6) is 0 Å². The van der Waals surface area contributed by atoms with E-state index in [4.69, 9.17) is 5.26 Å². The lowest BCUT2D eigenvalue weighted by Gasteiger charge is -2.17. The number of rotatable bonds is 5. The van der Waals surface area contributed by atoms with Gasteiger partial charge in [0.2, 0.25) is 0 Å². The Morgan fingerprint density at radius 1 is 1.40 bits per heavy atom. The van der Waals surface area contributed by atoms with Crippen LogP contribution in [0.3, 0.4) is 0 Å². The molecule has 20 heavy (non-hydrogen) atoms. The van der Waals surface area contributed by atoms with E-state index in [-0.39, 0.29) is 12.0 Å². The topological polar surface area (TPSA) is 79.2 Å². The summed E-state index contributed by atoms with van der Waals surface area (Å²) in [7, 11) is 1.20. The summed E-state index contributed by atoms with van der Waals surface area (Å²) in [6.45, 7) is 1.64. The summed E-state index contributed by atoms with van der Waals surface area (Å²) in [6.07, 6.45) is 0.149. The van der Waals surface area contributed by atoms with E-state index in [0.717, 1.165) is 12.1 Å². The van der Waals surface area contributed by atoms with Gasteiger partial charge in [-0.3, -0.25) is 4.79 Å². The number of nitriles is 1. The van der Waals surface area contributed by atoms with Crippen LogP contribution in [0.4, 0.5) is 4.39 Å². The highest BCUT2D eigenvalue weighted by Crippen LogP contribution is 2.08. The van der Waals surface area contributed by atoms with Crippen molar-refractivity contribution >= 4 is 11.9 Å². The van der Waals surface area contributed by atoms with Crippen molar-refractivity contribution in [3.8, 4) is 6.07 Å². The molecule has 0 fully saturated rings. The van der Waals surface area contributed by atoms with E-state index >= 15 is 0 Å². The lowest BCUT2D eigenvalue weighted by Crippen LogP contribution is -2.42. The average molecular weight is 278 g/mol. The number of halogens is 1. The number of amides is 1. The van der Waals surface area contributed by atoms with Crippen LogP contribution in [-0.4, -0.2) is 25.0 Å². The highest BCUT2D eigenvalue weighted by Gasteiger charge is 2.24. The first kappa shape index (κ1) is 15.6. The molecule has 1 aromatic rings. The van der Waals surface area contributed by atoms with Gasteiger partial charge in [0.25, 0.3) is 5.91 Å². The van der Waals surface area contributed by atoms with Gasteiger partial charge in [-0.2, -0.15) is 5.26 Å². The van der Waals surface area contributed by atoms with Crippen LogP contribution in [0.15, 0.2) is 24.3 Å². The van der Waals surface area contributed by atoms with Crippen molar-refractivity contribution in [2.24, 2.45) is 5.92 Å². The number of benzene rings is 1. The van der Waals surface area contributed by atoms with Crippen LogP contribution in [0, 0.1) is 23.1 Å². The molecular weight excluding hydrogens is 263 g/mol. The molecule has 1 amide bonds. The van der Waals surface area contributed by atoms with Crippen molar-refractivity contribution < 1.29 is 18.7 Å². The molecule has 5 nitrogen and oxygen atoms in total. The molecule has 6 heteroatoms. The van der Waals surface area contributed by atoms with Gasteiger partial charge in [0.05, 0.1) is 13.2 Å². The molecule has 0 radical (unpaired) electrons. The number of nitrogens with one attached hydrogen (secondary N) is 1. The van der Waals surface area contributed by atoms with Crippen LogP contribution < -0.4 is 5.32 Å². The fraction of sp³-hybridized carbons (Fsp3) is 0.357. The van der Waals surface area contributed by atoms with Gasteiger partial charge in [-0.05, 0) is 37.6 Å². The van der Waals surface area contributed by atoms with E-state index in [1.54, 1.807) is 6.92 Å². The summed E-state index contributed by atoms with van der Waals surface area (Å²) in [5.74, 6) is -2.01. The molecular formula is C14H15FN2O3. The second kappa shape index (κ2) is 7.24. The Morgan fingerprint density at radius 2 is 2.00 bits per heavy atom. The van der Waals surface area contributed by atoms with Gasteiger partial charge in [-0.1, -0.05) is 0 Å². The lowest BCUT2D eigenvalue weighted by molar-refractivity contribution is -0.143. The van der Waals surface area contributed by atoms with Gasteiger partial charge in [0.1, 0.15) is 11.9 Å². The summed E-state index contributed by atoms with van der Waals surface area (Å²) in [5, 5.41) is 11.2. The standard InChI is InChI=1S/C14H15FN2O3/c1-9(8-16)7-12(14(19)20-2)17-13(18)10-3-5-11(15)6-4-10/h3-6,9,12H,7H2,1-2H3,(H,17,18)/t9-,12+/m0/s1. The van der Waals surface area contributed by atoms with Crippen molar-refractivity contribution in [2.75, 3.05) is 7.11 Å². The molecule has 0 unspecified atom stereocenters. The maximum atomic E-state index is 12.8. The number of carbonyl (C=O) groups excluding carboxylic acids is 2.